The predicted molar refractivity (Wildman–Crippen MR) is 80.4 cm³/mol. The molecule has 0 spiro atoms. The molecule has 0 aliphatic carbocycles. The predicted octanol–water partition coefficient (Wildman–Crippen LogP) is 2.13. The van der Waals surface area contributed by atoms with E-state index in [2.05, 4.69) is 10.3 Å². The van der Waals surface area contributed by atoms with Gasteiger partial charge in [0.25, 0.3) is 0 Å². The van der Waals surface area contributed by atoms with Crippen LogP contribution in [0.5, 0.6) is 0 Å². The molecule has 0 aliphatic heterocycles. The number of hydrogen-bond acceptors (Lipinski definition) is 5. The summed E-state index contributed by atoms with van der Waals surface area (Å²) in [5, 5.41) is 7.82. The Labute approximate surface area is 120 Å². The molecule has 1 atom stereocenters. The molecule has 0 aromatic carbocycles. The standard InChI is InChI=1S/C13H17N3OS2/c1-9(6-14)7-15-12(17)5-10-8-19-13(16-10)11-3-2-4-18-11/h2-4,8-9H,5-7,14H2,1H3,(H,15,17). The van der Waals surface area contributed by atoms with Gasteiger partial charge in [0.2, 0.25) is 5.91 Å². The number of nitrogens with one attached hydrogen (secondary N) is 1. The van der Waals surface area contributed by atoms with Crippen LogP contribution in [0, 0.1) is 5.92 Å². The van der Waals surface area contributed by atoms with E-state index in [0.717, 1.165) is 15.6 Å². The van der Waals surface area contributed by atoms with Crippen LogP contribution in [0.25, 0.3) is 9.88 Å². The summed E-state index contributed by atoms with van der Waals surface area (Å²) in [6.45, 7) is 3.22. The maximum Gasteiger partial charge on any atom is 0.226 e. The van der Waals surface area contributed by atoms with E-state index in [1.54, 1.807) is 22.7 Å². The second kappa shape index (κ2) is 6.79. The van der Waals surface area contributed by atoms with Crippen molar-refractivity contribution in [3.8, 4) is 9.88 Å². The van der Waals surface area contributed by atoms with Crippen LogP contribution in [-0.2, 0) is 11.2 Å². The maximum absolute atomic E-state index is 11.7. The number of nitrogens with two attached hydrogens (primary N) is 1. The third-order valence-corrected chi connectivity index (χ3v) is 4.61. The molecule has 2 aromatic heterocycles. The molecule has 0 bridgehead atoms. The third kappa shape index (κ3) is 4.12. The fraction of sp³-hybridized carbons (Fsp3) is 0.385. The molecule has 102 valence electrons. The molecular weight excluding hydrogens is 278 g/mol. The number of thiophene rings is 1. The molecule has 0 radical (unpaired) electrons. The molecule has 4 nitrogen and oxygen atoms in total. The minimum Gasteiger partial charge on any atom is -0.355 e. The number of rotatable bonds is 6. The van der Waals surface area contributed by atoms with E-state index in [9.17, 15) is 4.79 Å². The average molecular weight is 295 g/mol. The first-order valence-corrected chi connectivity index (χ1v) is 7.90. The monoisotopic (exact) mass is 295 g/mol. The number of nitrogens with zero attached hydrogens (tertiary/aromatic N) is 1. The Hall–Kier alpha value is -1.24. The van der Waals surface area contributed by atoms with Crippen molar-refractivity contribution in [2.75, 3.05) is 13.1 Å². The van der Waals surface area contributed by atoms with E-state index in [1.807, 2.05) is 29.8 Å². The summed E-state index contributed by atoms with van der Waals surface area (Å²) in [7, 11) is 0. The largest absolute Gasteiger partial charge is 0.355 e. The maximum atomic E-state index is 11.7. The Bertz CT molecular complexity index is 522. The van der Waals surface area contributed by atoms with Gasteiger partial charge in [0.05, 0.1) is 17.0 Å². The van der Waals surface area contributed by atoms with Gasteiger partial charge in [0.15, 0.2) is 0 Å². The number of carbonyl (C=O) groups excluding carboxylic acids is 1. The number of amides is 1. The van der Waals surface area contributed by atoms with Crippen molar-refractivity contribution in [1.29, 1.82) is 0 Å². The van der Waals surface area contributed by atoms with Gasteiger partial charge >= 0.3 is 0 Å². The molecule has 1 unspecified atom stereocenters. The molecule has 1 amide bonds. The zero-order valence-electron chi connectivity index (χ0n) is 10.8. The molecule has 19 heavy (non-hydrogen) atoms. The van der Waals surface area contributed by atoms with Crippen LogP contribution in [0.2, 0.25) is 0 Å². The first kappa shape index (κ1) is 14.2. The van der Waals surface area contributed by atoms with Crippen LogP contribution in [0.4, 0.5) is 0 Å². The molecule has 0 saturated heterocycles. The lowest BCUT2D eigenvalue weighted by Gasteiger charge is -2.09. The summed E-state index contributed by atoms with van der Waals surface area (Å²) < 4.78 is 0. The highest BCUT2D eigenvalue weighted by molar-refractivity contribution is 7.20. The van der Waals surface area contributed by atoms with E-state index in [-0.39, 0.29) is 5.91 Å². The lowest BCUT2D eigenvalue weighted by Crippen LogP contribution is -2.32. The summed E-state index contributed by atoms with van der Waals surface area (Å²) in [5.41, 5.74) is 6.33. The van der Waals surface area contributed by atoms with Gasteiger partial charge in [-0.3, -0.25) is 4.79 Å². The van der Waals surface area contributed by atoms with Crippen LogP contribution in [0.15, 0.2) is 22.9 Å². The van der Waals surface area contributed by atoms with Crippen molar-refractivity contribution in [1.82, 2.24) is 10.3 Å². The summed E-state index contributed by atoms with van der Waals surface area (Å²) in [6.07, 6.45) is 0.333. The number of hydrogen-bond donors (Lipinski definition) is 2. The highest BCUT2D eigenvalue weighted by Crippen LogP contribution is 2.27. The first-order chi connectivity index (χ1) is 9.19. The topological polar surface area (TPSA) is 68.0 Å². The number of carbonyl (C=O) groups is 1. The molecule has 2 rings (SSSR count). The van der Waals surface area contributed by atoms with Crippen molar-refractivity contribution in [3.63, 3.8) is 0 Å². The summed E-state index contributed by atoms with van der Waals surface area (Å²) in [4.78, 5) is 17.4. The van der Waals surface area contributed by atoms with Crippen molar-refractivity contribution < 1.29 is 4.79 Å². The van der Waals surface area contributed by atoms with Crippen molar-refractivity contribution in [2.45, 2.75) is 13.3 Å². The lowest BCUT2D eigenvalue weighted by atomic mass is 10.2. The molecule has 0 saturated carbocycles. The van der Waals surface area contributed by atoms with Gasteiger partial charge < -0.3 is 11.1 Å². The zero-order chi connectivity index (χ0) is 13.7. The van der Waals surface area contributed by atoms with Crippen molar-refractivity contribution in [3.05, 3.63) is 28.6 Å². The Kier molecular flexibility index (Phi) is 5.07. The van der Waals surface area contributed by atoms with E-state index < -0.39 is 0 Å². The van der Waals surface area contributed by atoms with Crippen molar-refractivity contribution >= 4 is 28.6 Å². The number of aromatic nitrogens is 1. The molecule has 6 heteroatoms. The second-order valence-corrected chi connectivity index (χ2v) is 6.25. The van der Waals surface area contributed by atoms with E-state index in [4.69, 9.17) is 5.73 Å². The summed E-state index contributed by atoms with van der Waals surface area (Å²) in [6, 6.07) is 4.04. The van der Waals surface area contributed by atoms with Crippen LogP contribution < -0.4 is 11.1 Å². The van der Waals surface area contributed by atoms with Crippen LogP contribution in [0.3, 0.4) is 0 Å². The third-order valence-electron chi connectivity index (χ3n) is 2.68. The van der Waals surface area contributed by atoms with Gasteiger partial charge in [0.1, 0.15) is 5.01 Å². The van der Waals surface area contributed by atoms with Gasteiger partial charge in [0, 0.05) is 11.9 Å². The Morgan fingerprint density at radius 3 is 3.05 bits per heavy atom. The fourth-order valence-electron chi connectivity index (χ4n) is 1.50. The van der Waals surface area contributed by atoms with Crippen LogP contribution >= 0.6 is 22.7 Å². The highest BCUT2D eigenvalue weighted by Gasteiger charge is 2.10. The molecule has 3 N–H and O–H groups in total. The minimum absolute atomic E-state index is 0.00308. The van der Waals surface area contributed by atoms with Gasteiger partial charge in [-0.1, -0.05) is 13.0 Å². The molecule has 0 fully saturated rings. The molecule has 2 heterocycles. The first-order valence-electron chi connectivity index (χ1n) is 6.14. The van der Waals surface area contributed by atoms with E-state index in [0.29, 0.717) is 25.4 Å². The van der Waals surface area contributed by atoms with Crippen LogP contribution in [-0.4, -0.2) is 24.0 Å². The van der Waals surface area contributed by atoms with Gasteiger partial charge in [-0.25, -0.2) is 4.98 Å². The normalized spacial score (nSPS) is 12.3. The number of thiazole rings is 1. The Balaban J connectivity index is 1.88. The van der Waals surface area contributed by atoms with Crippen LogP contribution in [0.1, 0.15) is 12.6 Å². The second-order valence-electron chi connectivity index (χ2n) is 4.44. The minimum atomic E-state index is 0.00308. The van der Waals surface area contributed by atoms with E-state index in [1.165, 1.54) is 0 Å². The zero-order valence-corrected chi connectivity index (χ0v) is 12.4. The smallest absolute Gasteiger partial charge is 0.226 e. The molecular formula is C13H17N3OS2. The van der Waals surface area contributed by atoms with Gasteiger partial charge in [-0.05, 0) is 23.9 Å². The van der Waals surface area contributed by atoms with E-state index >= 15 is 0 Å². The fourth-order valence-corrected chi connectivity index (χ4v) is 3.13. The quantitative estimate of drug-likeness (QED) is 0.858. The summed E-state index contributed by atoms with van der Waals surface area (Å²) in [5.74, 6) is 0.310. The van der Waals surface area contributed by atoms with Gasteiger partial charge in [-0.15, -0.1) is 22.7 Å². The highest BCUT2D eigenvalue weighted by atomic mass is 32.1. The lowest BCUT2D eigenvalue weighted by molar-refractivity contribution is -0.120. The Morgan fingerprint density at radius 2 is 2.37 bits per heavy atom. The molecule has 0 aliphatic rings. The average Bonchev–Trinajstić information content (AvgIpc) is 3.06. The van der Waals surface area contributed by atoms with Gasteiger partial charge in [-0.2, -0.15) is 0 Å². The Morgan fingerprint density at radius 1 is 1.53 bits per heavy atom. The summed E-state index contributed by atoms with van der Waals surface area (Å²) >= 11 is 3.24. The SMILES string of the molecule is CC(CN)CNC(=O)Cc1csc(-c2cccs2)n1. The van der Waals surface area contributed by atoms with Crippen molar-refractivity contribution in [2.24, 2.45) is 11.7 Å². The molecule has 2 aromatic rings.